The molecule has 3 nitrogen and oxygen atoms in total. The van der Waals surface area contributed by atoms with Crippen molar-refractivity contribution in [3.8, 4) is 0 Å². The van der Waals surface area contributed by atoms with E-state index in [9.17, 15) is 4.79 Å². The second-order valence-corrected chi connectivity index (χ2v) is 6.90. The molecule has 2 rings (SSSR count). The van der Waals surface area contributed by atoms with Gasteiger partial charge in [0.05, 0.1) is 8.66 Å². The predicted molar refractivity (Wildman–Crippen MR) is 71.6 cm³/mol. The van der Waals surface area contributed by atoms with Gasteiger partial charge in [0.2, 0.25) is 0 Å². The first-order valence-corrected chi connectivity index (χ1v) is 6.98. The van der Waals surface area contributed by atoms with Gasteiger partial charge in [-0.1, -0.05) is 0 Å². The van der Waals surface area contributed by atoms with Gasteiger partial charge in [0, 0.05) is 11.1 Å². The van der Waals surface area contributed by atoms with Gasteiger partial charge in [-0.05, 0) is 41.4 Å². The van der Waals surface area contributed by atoms with E-state index in [0.717, 1.165) is 14.2 Å². The van der Waals surface area contributed by atoms with Crippen molar-refractivity contribution >= 4 is 49.6 Å². The second-order valence-electron chi connectivity index (χ2n) is 3.30. The number of anilines is 1. The number of hydrogen-bond acceptors (Lipinski definition) is 4. The molecule has 0 aliphatic rings. The van der Waals surface area contributed by atoms with Crippen molar-refractivity contribution in [2.75, 3.05) is 5.32 Å². The Balaban J connectivity index is 2.14. The maximum atomic E-state index is 11.8. The summed E-state index contributed by atoms with van der Waals surface area (Å²) in [7, 11) is 0. The Hall–Kier alpha value is -0.720. The fourth-order valence-electron chi connectivity index (χ4n) is 1.14. The number of rotatable bonds is 2. The number of halogens is 1. The summed E-state index contributed by atoms with van der Waals surface area (Å²) in [6.45, 7) is 3.92. The van der Waals surface area contributed by atoms with Crippen LogP contribution in [0.1, 0.15) is 20.1 Å². The van der Waals surface area contributed by atoms with Gasteiger partial charge >= 0.3 is 0 Å². The molecule has 0 radical (unpaired) electrons. The molecule has 0 atom stereocenters. The molecule has 6 heteroatoms. The Bertz CT molecular complexity index is 513. The molecule has 0 aliphatic heterocycles. The number of carbonyl (C=O) groups excluding carboxylic acids is 1. The Kier molecular flexibility index (Phi) is 3.41. The van der Waals surface area contributed by atoms with Gasteiger partial charge in [0.1, 0.15) is 0 Å². The first kappa shape index (κ1) is 11.8. The van der Waals surface area contributed by atoms with Gasteiger partial charge in [0.25, 0.3) is 5.91 Å². The van der Waals surface area contributed by atoms with Crippen LogP contribution < -0.4 is 5.32 Å². The van der Waals surface area contributed by atoms with E-state index < -0.39 is 0 Å². The van der Waals surface area contributed by atoms with Crippen molar-refractivity contribution in [1.29, 1.82) is 0 Å². The van der Waals surface area contributed by atoms with Crippen molar-refractivity contribution in [2.45, 2.75) is 13.8 Å². The summed E-state index contributed by atoms with van der Waals surface area (Å²) in [6, 6.07) is 1.87. The van der Waals surface area contributed by atoms with Crippen molar-refractivity contribution in [1.82, 2.24) is 4.98 Å². The topological polar surface area (TPSA) is 42.0 Å². The summed E-state index contributed by atoms with van der Waals surface area (Å²) in [4.78, 5) is 17.7. The monoisotopic (exact) mass is 316 g/mol. The molecular formula is C10H9BrN2OS2. The summed E-state index contributed by atoms with van der Waals surface area (Å²) < 4.78 is 0.993. The van der Waals surface area contributed by atoms with Crippen LogP contribution in [0.4, 0.5) is 5.13 Å². The van der Waals surface area contributed by atoms with Crippen LogP contribution in [0.15, 0.2) is 16.0 Å². The van der Waals surface area contributed by atoms with E-state index in [1.807, 2.05) is 19.9 Å². The fourth-order valence-corrected chi connectivity index (χ4v) is 3.23. The number of hydrogen-bond donors (Lipinski definition) is 1. The lowest BCUT2D eigenvalue weighted by atomic mass is 10.3. The molecule has 1 amide bonds. The lowest BCUT2D eigenvalue weighted by Gasteiger charge is -1.97. The summed E-state index contributed by atoms with van der Waals surface area (Å²) in [5.74, 6) is -0.104. The number of carbonyl (C=O) groups is 1. The van der Waals surface area contributed by atoms with Crippen LogP contribution in [0, 0.1) is 13.8 Å². The Morgan fingerprint density at radius 3 is 2.69 bits per heavy atom. The number of nitrogens with zero attached hydrogens (tertiary/aromatic N) is 1. The van der Waals surface area contributed by atoms with E-state index >= 15 is 0 Å². The number of thiazole rings is 1. The molecular weight excluding hydrogens is 308 g/mol. The summed E-state index contributed by atoms with van der Waals surface area (Å²) in [6.07, 6.45) is 1.75. The minimum Gasteiger partial charge on any atom is -0.297 e. The Morgan fingerprint density at radius 2 is 2.19 bits per heavy atom. The van der Waals surface area contributed by atoms with E-state index in [1.54, 1.807) is 6.20 Å². The third-order valence-electron chi connectivity index (χ3n) is 1.92. The molecule has 0 spiro atoms. The number of amides is 1. The van der Waals surface area contributed by atoms with Crippen LogP contribution in [0.25, 0.3) is 0 Å². The lowest BCUT2D eigenvalue weighted by molar-refractivity contribution is 0.103. The Labute approximate surface area is 110 Å². The average molecular weight is 317 g/mol. The number of aromatic nitrogens is 1. The minimum absolute atomic E-state index is 0.104. The Morgan fingerprint density at radius 1 is 1.44 bits per heavy atom. The van der Waals surface area contributed by atoms with E-state index in [4.69, 9.17) is 0 Å². The zero-order chi connectivity index (χ0) is 11.7. The van der Waals surface area contributed by atoms with E-state index in [-0.39, 0.29) is 5.91 Å². The third kappa shape index (κ3) is 2.50. The number of nitrogens with one attached hydrogen (secondary N) is 1. The molecule has 0 bridgehead atoms. The van der Waals surface area contributed by atoms with Gasteiger partial charge in [-0.3, -0.25) is 10.1 Å². The zero-order valence-corrected chi connectivity index (χ0v) is 11.9. The highest BCUT2D eigenvalue weighted by Crippen LogP contribution is 2.28. The molecule has 2 aromatic rings. The standard InChI is InChI=1S/C10H9BrN2OS2/c1-5-3-7(16-8(5)11)9(14)13-10-12-4-6(2)15-10/h3-4H,1-2H3,(H,12,13,14). The quantitative estimate of drug-likeness (QED) is 0.914. The first-order valence-electron chi connectivity index (χ1n) is 4.56. The fraction of sp³-hybridized carbons (Fsp3) is 0.200. The molecule has 2 heterocycles. The zero-order valence-electron chi connectivity index (χ0n) is 8.70. The summed E-state index contributed by atoms with van der Waals surface area (Å²) in [5.41, 5.74) is 1.07. The van der Waals surface area contributed by atoms with Crippen LogP contribution in [-0.4, -0.2) is 10.9 Å². The van der Waals surface area contributed by atoms with Gasteiger partial charge < -0.3 is 0 Å². The van der Waals surface area contributed by atoms with Crippen molar-refractivity contribution in [3.63, 3.8) is 0 Å². The summed E-state index contributed by atoms with van der Waals surface area (Å²) >= 11 is 6.30. The highest BCUT2D eigenvalue weighted by atomic mass is 79.9. The highest BCUT2D eigenvalue weighted by Gasteiger charge is 2.12. The minimum atomic E-state index is -0.104. The smallest absolute Gasteiger partial charge is 0.267 e. The maximum Gasteiger partial charge on any atom is 0.267 e. The van der Waals surface area contributed by atoms with Gasteiger partial charge in [-0.2, -0.15) is 0 Å². The van der Waals surface area contributed by atoms with Gasteiger partial charge in [-0.25, -0.2) is 4.98 Å². The van der Waals surface area contributed by atoms with E-state index in [2.05, 4.69) is 26.2 Å². The molecule has 0 aliphatic carbocycles. The van der Waals surface area contributed by atoms with Crippen molar-refractivity contribution < 1.29 is 4.79 Å². The normalized spacial score (nSPS) is 10.4. The van der Waals surface area contributed by atoms with E-state index in [1.165, 1.54) is 22.7 Å². The average Bonchev–Trinajstić information content (AvgIpc) is 2.75. The molecule has 0 fully saturated rings. The third-order valence-corrected chi connectivity index (χ3v) is 4.89. The predicted octanol–water partition coefficient (Wildman–Crippen LogP) is 3.84. The van der Waals surface area contributed by atoms with Crippen LogP contribution >= 0.6 is 38.6 Å². The first-order chi connectivity index (χ1) is 7.56. The number of aryl methyl sites for hydroxylation is 2. The molecule has 0 saturated heterocycles. The van der Waals surface area contributed by atoms with Crippen LogP contribution in [0.2, 0.25) is 0 Å². The van der Waals surface area contributed by atoms with Crippen LogP contribution in [0.3, 0.4) is 0 Å². The molecule has 0 saturated carbocycles. The van der Waals surface area contributed by atoms with Gasteiger partial charge in [-0.15, -0.1) is 22.7 Å². The molecule has 84 valence electrons. The molecule has 1 N–H and O–H groups in total. The van der Waals surface area contributed by atoms with Crippen molar-refractivity contribution in [3.05, 3.63) is 31.4 Å². The molecule has 16 heavy (non-hydrogen) atoms. The largest absolute Gasteiger partial charge is 0.297 e. The van der Waals surface area contributed by atoms with E-state index in [0.29, 0.717) is 10.0 Å². The number of thiophene rings is 1. The SMILES string of the molecule is Cc1cnc(NC(=O)c2cc(C)c(Br)s2)s1. The molecule has 0 aromatic carbocycles. The highest BCUT2D eigenvalue weighted by molar-refractivity contribution is 9.11. The van der Waals surface area contributed by atoms with Crippen LogP contribution in [0.5, 0.6) is 0 Å². The lowest BCUT2D eigenvalue weighted by Crippen LogP contribution is -2.09. The maximum absolute atomic E-state index is 11.8. The van der Waals surface area contributed by atoms with Crippen molar-refractivity contribution in [2.24, 2.45) is 0 Å². The molecule has 2 aromatic heterocycles. The molecule has 0 unspecified atom stereocenters. The second kappa shape index (κ2) is 4.65. The van der Waals surface area contributed by atoms with Gasteiger partial charge in [0.15, 0.2) is 5.13 Å². The van der Waals surface area contributed by atoms with Crippen LogP contribution in [-0.2, 0) is 0 Å². The summed E-state index contributed by atoms with van der Waals surface area (Å²) in [5, 5.41) is 3.42.